The summed E-state index contributed by atoms with van der Waals surface area (Å²) in [4.78, 5) is 14.2. The molecule has 2 fully saturated rings. The van der Waals surface area contributed by atoms with Crippen molar-refractivity contribution < 1.29 is 4.79 Å². The molecule has 18 heavy (non-hydrogen) atoms. The number of nitriles is 1. The quantitative estimate of drug-likeness (QED) is 0.825. The maximum atomic E-state index is 11.9. The molecule has 100 valence electrons. The summed E-state index contributed by atoms with van der Waals surface area (Å²) in [6, 6.07) is 2.63. The molecule has 2 aliphatic rings. The van der Waals surface area contributed by atoms with Crippen LogP contribution in [-0.4, -0.2) is 37.0 Å². The highest BCUT2D eigenvalue weighted by Crippen LogP contribution is 2.24. The number of carbonyl (C=O) groups is 1. The van der Waals surface area contributed by atoms with Crippen LogP contribution >= 0.6 is 0 Å². The number of rotatable bonds is 3. The van der Waals surface area contributed by atoms with Gasteiger partial charge in [-0.05, 0) is 51.6 Å². The molecule has 1 saturated carbocycles. The summed E-state index contributed by atoms with van der Waals surface area (Å²) in [5.74, 6) is 0.947. The molecule has 0 bridgehead atoms. The Hall–Kier alpha value is -1.08. The van der Waals surface area contributed by atoms with Gasteiger partial charge in [0.05, 0.1) is 6.07 Å². The molecular formula is C14H23N3O. The van der Waals surface area contributed by atoms with Crippen molar-refractivity contribution in [3.63, 3.8) is 0 Å². The van der Waals surface area contributed by atoms with Crippen molar-refractivity contribution in [2.24, 2.45) is 11.8 Å². The van der Waals surface area contributed by atoms with Gasteiger partial charge in [0.15, 0.2) is 0 Å². The largest absolute Gasteiger partial charge is 0.353 e. The van der Waals surface area contributed by atoms with E-state index in [4.69, 9.17) is 5.26 Å². The first-order valence-electron chi connectivity index (χ1n) is 7.05. The molecule has 4 nitrogen and oxygen atoms in total. The van der Waals surface area contributed by atoms with Crippen LogP contribution in [0.3, 0.4) is 0 Å². The van der Waals surface area contributed by atoms with Gasteiger partial charge in [0.2, 0.25) is 5.91 Å². The van der Waals surface area contributed by atoms with E-state index in [2.05, 4.69) is 23.3 Å². The molecule has 1 aliphatic heterocycles. The molecule has 0 aromatic heterocycles. The van der Waals surface area contributed by atoms with Gasteiger partial charge in [-0.25, -0.2) is 0 Å². The lowest BCUT2D eigenvalue weighted by atomic mass is 9.87. The Morgan fingerprint density at radius 1 is 1.33 bits per heavy atom. The number of hydrogen-bond acceptors (Lipinski definition) is 3. The van der Waals surface area contributed by atoms with E-state index in [9.17, 15) is 4.79 Å². The molecule has 1 atom stereocenters. The van der Waals surface area contributed by atoms with Gasteiger partial charge in [-0.1, -0.05) is 0 Å². The molecule has 1 aliphatic carbocycles. The number of nitrogens with zero attached hydrogens (tertiary/aromatic N) is 2. The minimum absolute atomic E-state index is 0.204. The van der Waals surface area contributed by atoms with Gasteiger partial charge in [0, 0.05) is 24.9 Å². The van der Waals surface area contributed by atoms with Crippen molar-refractivity contribution in [3.8, 4) is 6.07 Å². The summed E-state index contributed by atoms with van der Waals surface area (Å²) in [6.07, 6.45) is 5.62. The molecule has 0 aromatic carbocycles. The molecule has 0 spiro atoms. The lowest BCUT2D eigenvalue weighted by Crippen LogP contribution is -2.38. The second kappa shape index (κ2) is 6.19. The molecule has 4 heteroatoms. The summed E-state index contributed by atoms with van der Waals surface area (Å²) >= 11 is 0. The van der Waals surface area contributed by atoms with Crippen molar-refractivity contribution in [1.29, 1.82) is 5.26 Å². The third kappa shape index (κ3) is 3.71. The second-order valence-corrected chi connectivity index (χ2v) is 5.87. The summed E-state index contributed by atoms with van der Waals surface area (Å²) < 4.78 is 0. The SMILES string of the molecule is CN1CCC(CC(=O)NC2CCC(C#N)CC2)C1. The van der Waals surface area contributed by atoms with Crippen molar-refractivity contribution in [3.05, 3.63) is 0 Å². The zero-order valence-electron chi connectivity index (χ0n) is 11.2. The highest BCUT2D eigenvalue weighted by atomic mass is 16.1. The normalized spacial score (nSPS) is 33.0. The van der Waals surface area contributed by atoms with E-state index in [0.717, 1.165) is 45.2 Å². The van der Waals surface area contributed by atoms with Gasteiger partial charge in [-0.2, -0.15) is 5.26 Å². The standard InChI is InChI=1S/C14H23N3O/c1-17-7-6-12(10-17)8-14(18)16-13-4-2-11(9-15)3-5-13/h11-13H,2-8,10H2,1H3,(H,16,18). The van der Waals surface area contributed by atoms with Crippen LogP contribution in [0.2, 0.25) is 0 Å². The molecule has 1 unspecified atom stereocenters. The van der Waals surface area contributed by atoms with Crippen LogP contribution in [0, 0.1) is 23.2 Å². The number of carbonyl (C=O) groups excluding carboxylic acids is 1. The molecule has 1 N–H and O–H groups in total. The Kier molecular flexibility index (Phi) is 4.60. The van der Waals surface area contributed by atoms with Crippen molar-refractivity contribution in [2.75, 3.05) is 20.1 Å². The predicted octanol–water partition coefficient (Wildman–Crippen LogP) is 1.53. The predicted molar refractivity (Wildman–Crippen MR) is 69.7 cm³/mol. The van der Waals surface area contributed by atoms with E-state index in [1.807, 2.05) is 0 Å². The Labute approximate surface area is 109 Å². The first kappa shape index (κ1) is 13.4. The first-order valence-corrected chi connectivity index (χ1v) is 7.05. The Morgan fingerprint density at radius 2 is 2.06 bits per heavy atom. The molecule has 1 amide bonds. The van der Waals surface area contributed by atoms with Crippen LogP contribution in [0.4, 0.5) is 0 Å². The minimum Gasteiger partial charge on any atom is -0.353 e. The molecular weight excluding hydrogens is 226 g/mol. The summed E-state index contributed by atoms with van der Waals surface area (Å²) in [6.45, 7) is 2.17. The monoisotopic (exact) mass is 249 g/mol. The van der Waals surface area contributed by atoms with E-state index in [0.29, 0.717) is 18.4 Å². The Balaban J connectivity index is 1.67. The highest BCUT2D eigenvalue weighted by molar-refractivity contribution is 5.76. The summed E-state index contributed by atoms with van der Waals surface area (Å²) in [5.41, 5.74) is 0. The number of nitrogens with one attached hydrogen (secondary N) is 1. The van der Waals surface area contributed by atoms with Gasteiger partial charge in [-0.15, -0.1) is 0 Å². The molecule has 2 rings (SSSR count). The Bertz CT molecular complexity index is 328. The second-order valence-electron chi connectivity index (χ2n) is 5.87. The van der Waals surface area contributed by atoms with Gasteiger partial charge >= 0.3 is 0 Å². The highest BCUT2D eigenvalue weighted by Gasteiger charge is 2.25. The van der Waals surface area contributed by atoms with Crippen molar-refractivity contribution >= 4 is 5.91 Å². The molecule has 1 saturated heterocycles. The topological polar surface area (TPSA) is 56.1 Å². The fraction of sp³-hybridized carbons (Fsp3) is 0.857. The maximum absolute atomic E-state index is 11.9. The molecule has 1 heterocycles. The fourth-order valence-electron chi connectivity index (χ4n) is 3.11. The van der Waals surface area contributed by atoms with Gasteiger partial charge in [-0.3, -0.25) is 4.79 Å². The third-order valence-corrected chi connectivity index (χ3v) is 4.24. The van der Waals surface area contributed by atoms with Crippen LogP contribution in [0.15, 0.2) is 0 Å². The fourth-order valence-corrected chi connectivity index (χ4v) is 3.11. The number of likely N-dealkylation sites (tertiary alicyclic amines) is 1. The number of amides is 1. The maximum Gasteiger partial charge on any atom is 0.220 e. The Morgan fingerprint density at radius 3 is 2.61 bits per heavy atom. The van der Waals surface area contributed by atoms with Crippen molar-refractivity contribution in [2.45, 2.75) is 44.6 Å². The summed E-state index contributed by atoms with van der Waals surface area (Å²) in [5, 5.41) is 12.0. The average Bonchev–Trinajstić information content (AvgIpc) is 2.75. The zero-order valence-corrected chi connectivity index (χ0v) is 11.2. The van der Waals surface area contributed by atoms with Gasteiger partial charge in [0.25, 0.3) is 0 Å². The average molecular weight is 249 g/mol. The first-order chi connectivity index (χ1) is 8.67. The van der Waals surface area contributed by atoms with E-state index < -0.39 is 0 Å². The van der Waals surface area contributed by atoms with E-state index in [1.54, 1.807) is 0 Å². The van der Waals surface area contributed by atoms with Gasteiger partial charge in [0.1, 0.15) is 0 Å². The van der Waals surface area contributed by atoms with Crippen molar-refractivity contribution in [1.82, 2.24) is 10.2 Å². The zero-order chi connectivity index (χ0) is 13.0. The van der Waals surface area contributed by atoms with E-state index in [1.165, 1.54) is 0 Å². The van der Waals surface area contributed by atoms with E-state index in [-0.39, 0.29) is 11.8 Å². The molecule has 0 aromatic rings. The lowest BCUT2D eigenvalue weighted by Gasteiger charge is -2.26. The number of hydrogen-bond donors (Lipinski definition) is 1. The van der Waals surface area contributed by atoms with Gasteiger partial charge < -0.3 is 10.2 Å². The molecule has 0 radical (unpaired) electrons. The van der Waals surface area contributed by atoms with Crippen LogP contribution in [0.1, 0.15) is 38.5 Å². The third-order valence-electron chi connectivity index (χ3n) is 4.24. The minimum atomic E-state index is 0.204. The summed E-state index contributed by atoms with van der Waals surface area (Å²) in [7, 11) is 2.11. The smallest absolute Gasteiger partial charge is 0.220 e. The van der Waals surface area contributed by atoms with Crippen LogP contribution < -0.4 is 5.32 Å². The van der Waals surface area contributed by atoms with Crippen LogP contribution in [0.5, 0.6) is 0 Å². The van der Waals surface area contributed by atoms with Crippen LogP contribution in [-0.2, 0) is 4.79 Å². The lowest BCUT2D eigenvalue weighted by molar-refractivity contribution is -0.122. The van der Waals surface area contributed by atoms with E-state index >= 15 is 0 Å². The van der Waals surface area contributed by atoms with Crippen LogP contribution in [0.25, 0.3) is 0 Å².